The van der Waals surface area contributed by atoms with E-state index in [4.69, 9.17) is 4.74 Å². The minimum absolute atomic E-state index is 0.0881. The van der Waals surface area contributed by atoms with Crippen LogP contribution in [-0.4, -0.2) is 38.3 Å². The Morgan fingerprint density at radius 1 is 0.943 bits per heavy atom. The van der Waals surface area contributed by atoms with Crippen molar-refractivity contribution >= 4 is 21.9 Å². The number of sulfonamides is 1. The summed E-state index contributed by atoms with van der Waals surface area (Å²) < 4.78 is 33.4. The molecule has 1 fully saturated rings. The Hall–Kier alpha value is -3.49. The van der Waals surface area contributed by atoms with Crippen LogP contribution in [0.3, 0.4) is 0 Å². The molecule has 1 amide bonds. The van der Waals surface area contributed by atoms with E-state index in [-0.39, 0.29) is 29.9 Å². The summed E-state index contributed by atoms with van der Waals surface area (Å²) in [6, 6.07) is 24.4. The zero-order valence-corrected chi connectivity index (χ0v) is 20.3. The second kappa shape index (κ2) is 10.8. The number of piperidine rings is 1. The maximum atomic E-state index is 13.6. The van der Waals surface area contributed by atoms with E-state index in [2.05, 4.69) is 5.32 Å². The molecule has 0 spiro atoms. The number of nitrogens with zero attached hydrogens (tertiary/aromatic N) is 1. The summed E-state index contributed by atoms with van der Waals surface area (Å²) >= 11 is 0. The molecule has 1 heterocycles. The molecule has 3 aromatic carbocycles. The van der Waals surface area contributed by atoms with Crippen molar-refractivity contribution < 1.29 is 22.7 Å². The number of ether oxygens (including phenoxy) is 1. The van der Waals surface area contributed by atoms with Crippen molar-refractivity contribution in [3.05, 3.63) is 102 Å². The maximum Gasteiger partial charge on any atom is 0.337 e. The average Bonchev–Trinajstić information content (AvgIpc) is 2.92. The Bertz CT molecular complexity index is 1280. The van der Waals surface area contributed by atoms with Gasteiger partial charge >= 0.3 is 5.97 Å². The van der Waals surface area contributed by atoms with E-state index >= 15 is 0 Å². The van der Waals surface area contributed by atoms with E-state index in [9.17, 15) is 18.0 Å². The fraction of sp³-hybridized carbons (Fsp3) is 0.259. The fourth-order valence-corrected chi connectivity index (χ4v) is 6.12. The third-order valence-electron chi connectivity index (χ3n) is 6.26. The molecule has 8 heteroatoms. The van der Waals surface area contributed by atoms with Crippen LogP contribution in [0.15, 0.2) is 89.8 Å². The largest absolute Gasteiger partial charge is 0.465 e. The van der Waals surface area contributed by atoms with Gasteiger partial charge in [0.15, 0.2) is 0 Å². The molecular formula is C27H28N2O5S. The SMILES string of the molecule is COC(=O)c1cccc(CNC(=O)[C@@H]2CC[C@H](c3ccccc3)N(S(=O)(=O)c3ccccc3)C2)c1. The summed E-state index contributed by atoms with van der Waals surface area (Å²) in [6.07, 6.45) is 1.10. The molecule has 2 atom stereocenters. The van der Waals surface area contributed by atoms with Gasteiger partial charge in [-0.1, -0.05) is 60.7 Å². The molecule has 35 heavy (non-hydrogen) atoms. The van der Waals surface area contributed by atoms with Gasteiger partial charge in [-0.25, -0.2) is 13.2 Å². The number of hydrogen-bond donors (Lipinski definition) is 1. The number of hydrogen-bond acceptors (Lipinski definition) is 5. The van der Waals surface area contributed by atoms with E-state index in [0.29, 0.717) is 18.4 Å². The molecule has 182 valence electrons. The number of amides is 1. The Morgan fingerprint density at radius 3 is 2.31 bits per heavy atom. The first-order valence-corrected chi connectivity index (χ1v) is 12.9. The van der Waals surface area contributed by atoms with Crippen LogP contribution in [0.25, 0.3) is 0 Å². The van der Waals surface area contributed by atoms with Crippen LogP contribution >= 0.6 is 0 Å². The second-order valence-electron chi connectivity index (χ2n) is 8.50. The minimum atomic E-state index is -3.81. The number of rotatable bonds is 7. The number of nitrogens with one attached hydrogen (secondary N) is 1. The lowest BCUT2D eigenvalue weighted by atomic mass is 9.90. The van der Waals surface area contributed by atoms with Gasteiger partial charge in [0.05, 0.1) is 29.5 Å². The van der Waals surface area contributed by atoms with Gasteiger partial charge in [0.1, 0.15) is 0 Å². The highest BCUT2D eigenvalue weighted by Gasteiger charge is 2.39. The first kappa shape index (κ1) is 24.6. The zero-order chi connectivity index (χ0) is 24.8. The predicted molar refractivity (Wildman–Crippen MR) is 132 cm³/mol. The minimum Gasteiger partial charge on any atom is -0.465 e. The Morgan fingerprint density at radius 2 is 1.63 bits per heavy atom. The third-order valence-corrected chi connectivity index (χ3v) is 8.15. The smallest absolute Gasteiger partial charge is 0.337 e. The Balaban J connectivity index is 1.52. The van der Waals surface area contributed by atoms with Gasteiger partial charge in [0.2, 0.25) is 15.9 Å². The lowest BCUT2D eigenvalue weighted by Crippen LogP contribution is -2.46. The number of carbonyl (C=O) groups is 2. The van der Waals surface area contributed by atoms with Crippen LogP contribution in [-0.2, 0) is 26.1 Å². The van der Waals surface area contributed by atoms with Gasteiger partial charge < -0.3 is 10.1 Å². The molecule has 0 aliphatic carbocycles. The molecule has 0 saturated carbocycles. The van der Waals surface area contributed by atoms with Crippen molar-refractivity contribution in [2.24, 2.45) is 5.92 Å². The molecule has 1 aliphatic rings. The molecule has 0 aromatic heterocycles. The second-order valence-corrected chi connectivity index (χ2v) is 10.4. The van der Waals surface area contributed by atoms with Crippen molar-refractivity contribution in [3.8, 4) is 0 Å². The van der Waals surface area contributed by atoms with Gasteiger partial charge in [-0.15, -0.1) is 0 Å². The molecule has 4 rings (SSSR count). The fourth-order valence-electron chi connectivity index (χ4n) is 4.41. The molecule has 7 nitrogen and oxygen atoms in total. The lowest BCUT2D eigenvalue weighted by Gasteiger charge is -2.38. The van der Waals surface area contributed by atoms with E-state index in [1.54, 1.807) is 48.5 Å². The van der Waals surface area contributed by atoms with Crippen LogP contribution in [0, 0.1) is 5.92 Å². The summed E-state index contributed by atoms with van der Waals surface area (Å²) in [5.74, 6) is -1.15. The number of carbonyl (C=O) groups excluding carboxylic acids is 2. The maximum absolute atomic E-state index is 13.6. The van der Waals surface area contributed by atoms with Gasteiger partial charge in [-0.3, -0.25) is 4.79 Å². The highest BCUT2D eigenvalue weighted by Crippen LogP contribution is 2.37. The zero-order valence-electron chi connectivity index (χ0n) is 19.5. The van der Waals surface area contributed by atoms with E-state index < -0.39 is 21.9 Å². The highest BCUT2D eigenvalue weighted by atomic mass is 32.2. The van der Waals surface area contributed by atoms with Crippen LogP contribution in [0.2, 0.25) is 0 Å². The van der Waals surface area contributed by atoms with Gasteiger partial charge in [-0.05, 0) is 48.2 Å². The van der Waals surface area contributed by atoms with Crippen LogP contribution in [0.1, 0.15) is 40.4 Å². The molecular weight excluding hydrogens is 464 g/mol. The van der Waals surface area contributed by atoms with Crippen LogP contribution in [0.5, 0.6) is 0 Å². The molecule has 3 aromatic rings. The molecule has 1 saturated heterocycles. The monoisotopic (exact) mass is 492 g/mol. The molecule has 1 N–H and O–H groups in total. The standard InChI is InChI=1S/C27H28N2O5S/c1-34-27(31)22-12-8-9-20(17-22)18-28-26(30)23-15-16-25(21-10-4-2-5-11-21)29(19-23)35(32,33)24-13-6-3-7-14-24/h2-14,17,23,25H,15-16,18-19H2,1H3,(H,28,30)/t23-,25-/m1/s1. The number of methoxy groups -OCH3 is 1. The predicted octanol–water partition coefficient (Wildman–Crippen LogP) is 3.93. The quantitative estimate of drug-likeness (QED) is 0.505. The van der Waals surface area contributed by atoms with E-state index in [1.807, 2.05) is 36.4 Å². The summed E-state index contributed by atoms with van der Waals surface area (Å²) in [5, 5.41) is 2.91. The Kier molecular flexibility index (Phi) is 7.63. The van der Waals surface area contributed by atoms with Crippen LogP contribution in [0.4, 0.5) is 0 Å². The van der Waals surface area contributed by atoms with Crippen molar-refractivity contribution in [1.29, 1.82) is 0 Å². The van der Waals surface area contributed by atoms with E-state index in [1.165, 1.54) is 11.4 Å². The summed E-state index contributed by atoms with van der Waals surface area (Å²) in [5.41, 5.74) is 2.07. The topological polar surface area (TPSA) is 92.8 Å². The first-order valence-electron chi connectivity index (χ1n) is 11.5. The third kappa shape index (κ3) is 5.61. The molecule has 1 aliphatic heterocycles. The highest BCUT2D eigenvalue weighted by molar-refractivity contribution is 7.89. The number of esters is 1. The molecule has 0 bridgehead atoms. The van der Waals surface area contributed by atoms with E-state index in [0.717, 1.165) is 11.1 Å². The summed E-state index contributed by atoms with van der Waals surface area (Å²) in [6.45, 7) is 0.318. The number of benzene rings is 3. The lowest BCUT2D eigenvalue weighted by molar-refractivity contribution is -0.126. The Labute approximate surface area is 205 Å². The van der Waals surface area contributed by atoms with Crippen molar-refractivity contribution in [2.45, 2.75) is 30.3 Å². The summed E-state index contributed by atoms with van der Waals surface area (Å²) in [4.78, 5) is 25.1. The van der Waals surface area contributed by atoms with Crippen molar-refractivity contribution in [2.75, 3.05) is 13.7 Å². The molecule has 0 radical (unpaired) electrons. The van der Waals surface area contributed by atoms with Crippen molar-refractivity contribution in [1.82, 2.24) is 9.62 Å². The van der Waals surface area contributed by atoms with Gasteiger partial charge in [-0.2, -0.15) is 4.31 Å². The van der Waals surface area contributed by atoms with Crippen molar-refractivity contribution in [3.63, 3.8) is 0 Å². The van der Waals surface area contributed by atoms with Crippen LogP contribution < -0.4 is 5.32 Å². The molecule has 0 unspecified atom stereocenters. The van der Waals surface area contributed by atoms with Gasteiger partial charge in [0, 0.05) is 13.1 Å². The average molecular weight is 493 g/mol. The first-order chi connectivity index (χ1) is 16.9. The normalized spacial score (nSPS) is 18.5. The van der Waals surface area contributed by atoms with Gasteiger partial charge in [0.25, 0.3) is 0 Å². The summed E-state index contributed by atoms with van der Waals surface area (Å²) in [7, 11) is -2.49.